The summed E-state index contributed by atoms with van der Waals surface area (Å²) in [5.74, 6) is 1.09. The predicted molar refractivity (Wildman–Crippen MR) is 156 cm³/mol. The van der Waals surface area contributed by atoms with Gasteiger partial charge in [-0.05, 0) is 66.8 Å². The molecule has 0 saturated heterocycles. The highest BCUT2D eigenvalue weighted by atomic mass is 16.6. The van der Waals surface area contributed by atoms with E-state index in [9.17, 15) is 24.8 Å². The van der Waals surface area contributed by atoms with Crippen LogP contribution in [0, 0.1) is 17.0 Å². The number of carbonyl (C=O) groups excluding carboxylic acids is 1. The molecule has 0 radical (unpaired) electrons. The van der Waals surface area contributed by atoms with Gasteiger partial charge in [-0.1, -0.05) is 24.3 Å². The number of carboxylic acids is 1. The van der Waals surface area contributed by atoms with Crippen LogP contribution >= 0.6 is 0 Å². The maximum absolute atomic E-state index is 12.9. The largest absolute Gasteiger partial charge is 0.493 e. The van der Waals surface area contributed by atoms with Crippen molar-refractivity contribution in [1.82, 2.24) is 9.88 Å². The molecule has 11 heteroatoms. The number of aromatic nitrogens is 1. The lowest BCUT2D eigenvalue weighted by Gasteiger charge is -2.31. The summed E-state index contributed by atoms with van der Waals surface area (Å²) in [5, 5.41) is 20.1. The predicted octanol–water partition coefficient (Wildman–Crippen LogP) is 5.89. The zero-order chi connectivity index (χ0) is 30.3. The third-order valence-corrected chi connectivity index (χ3v) is 7.35. The van der Waals surface area contributed by atoms with Gasteiger partial charge in [0.05, 0.1) is 17.2 Å². The molecule has 3 aromatic carbocycles. The normalized spacial score (nSPS) is 12.4. The number of aryl methyl sites for hydroxylation is 2. The number of non-ortho nitro benzene ring substituents is 1. The molecule has 1 N–H and O–H groups in total. The first kappa shape index (κ1) is 29.3. The smallest absolute Gasteiger partial charge is 0.410 e. The number of fused-ring (bicyclic) bond motifs is 1. The van der Waals surface area contributed by atoms with E-state index in [0.717, 1.165) is 33.7 Å². The number of nitrogens with zero attached hydrogens (tertiary/aromatic N) is 3. The van der Waals surface area contributed by atoms with Gasteiger partial charge in [-0.3, -0.25) is 14.9 Å². The van der Waals surface area contributed by atoms with E-state index in [0.29, 0.717) is 49.6 Å². The first-order valence-corrected chi connectivity index (χ1v) is 13.9. The molecule has 0 bridgehead atoms. The third kappa shape index (κ3) is 7.18. The van der Waals surface area contributed by atoms with Gasteiger partial charge in [0.1, 0.15) is 18.1 Å². The zero-order valence-corrected chi connectivity index (χ0v) is 23.7. The van der Waals surface area contributed by atoms with Crippen molar-refractivity contribution in [1.29, 1.82) is 0 Å². The monoisotopic (exact) mass is 585 g/mol. The minimum atomic E-state index is -0.901. The SMILES string of the molecule is Cc1oc(-c2ccccc2)nc1CCOc1ccc(CCC(=O)O)c2c1CCN(C(=O)OCc1ccc([N+](=O)[O-])cc1)C2. The number of aliphatic carboxylic acids is 1. The van der Waals surface area contributed by atoms with E-state index in [-0.39, 0.29) is 25.3 Å². The Labute approximate surface area is 247 Å². The van der Waals surface area contributed by atoms with Crippen LogP contribution < -0.4 is 4.74 Å². The van der Waals surface area contributed by atoms with Crippen LogP contribution in [0.5, 0.6) is 5.75 Å². The van der Waals surface area contributed by atoms with Crippen molar-refractivity contribution in [3.8, 4) is 17.2 Å². The molecule has 11 nitrogen and oxygen atoms in total. The fourth-order valence-electron chi connectivity index (χ4n) is 5.05. The summed E-state index contributed by atoms with van der Waals surface area (Å²) in [6, 6.07) is 19.2. The van der Waals surface area contributed by atoms with Gasteiger partial charge in [-0.25, -0.2) is 9.78 Å². The van der Waals surface area contributed by atoms with Crippen molar-refractivity contribution in [3.05, 3.63) is 111 Å². The Morgan fingerprint density at radius 1 is 1.05 bits per heavy atom. The second-order valence-corrected chi connectivity index (χ2v) is 10.2. The number of carbonyl (C=O) groups is 2. The molecule has 1 aliphatic heterocycles. The molecule has 1 aliphatic rings. The summed E-state index contributed by atoms with van der Waals surface area (Å²) in [6.45, 7) is 2.87. The van der Waals surface area contributed by atoms with Crippen molar-refractivity contribution >= 4 is 17.7 Å². The minimum Gasteiger partial charge on any atom is -0.493 e. The minimum absolute atomic E-state index is 0.0251. The van der Waals surface area contributed by atoms with Crippen LogP contribution in [0.3, 0.4) is 0 Å². The molecule has 0 saturated carbocycles. The summed E-state index contributed by atoms with van der Waals surface area (Å²) >= 11 is 0. The van der Waals surface area contributed by atoms with Crippen molar-refractivity contribution in [2.75, 3.05) is 13.2 Å². The highest BCUT2D eigenvalue weighted by Crippen LogP contribution is 2.32. The maximum Gasteiger partial charge on any atom is 0.410 e. The van der Waals surface area contributed by atoms with Gasteiger partial charge in [0.15, 0.2) is 0 Å². The van der Waals surface area contributed by atoms with E-state index in [2.05, 4.69) is 4.98 Å². The van der Waals surface area contributed by atoms with E-state index in [1.54, 1.807) is 17.0 Å². The standard InChI is InChI=1S/C32H31N3O8/c1-21-28(33-31(43-21)24-5-3-2-4-6-24)16-18-41-29-13-9-23(10-14-30(36)37)27-19-34(17-15-26(27)29)32(38)42-20-22-7-11-25(12-8-22)35(39)40/h2-9,11-13H,10,14-20H2,1H3,(H,36,37). The molecular weight excluding hydrogens is 554 g/mol. The van der Waals surface area contributed by atoms with Crippen molar-refractivity contribution in [2.24, 2.45) is 0 Å². The van der Waals surface area contributed by atoms with E-state index in [1.165, 1.54) is 12.1 Å². The second-order valence-electron chi connectivity index (χ2n) is 10.2. The maximum atomic E-state index is 12.9. The average molecular weight is 586 g/mol. The number of carboxylic acid groups (broad SMARTS) is 1. The van der Waals surface area contributed by atoms with Gasteiger partial charge >= 0.3 is 12.1 Å². The Balaban J connectivity index is 1.25. The first-order chi connectivity index (χ1) is 20.8. The molecule has 2 heterocycles. The number of oxazole rings is 1. The Morgan fingerprint density at radius 2 is 1.81 bits per heavy atom. The molecule has 0 unspecified atom stereocenters. The van der Waals surface area contributed by atoms with Gasteiger partial charge in [-0.15, -0.1) is 0 Å². The molecule has 5 rings (SSSR count). The fraction of sp³-hybridized carbons (Fsp3) is 0.281. The van der Waals surface area contributed by atoms with Gasteiger partial charge < -0.3 is 23.9 Å². The van der Waals surface area contributed by atoms with Crippen LogP contribution in [0.1, 0.15) is 40.1 Å². The topological polar surface area (TPSA) is 145 Å². The quantitative estimate of drug-likeness (QED) is 0.168. The van der Waals surface area contributed by atoms with Crippen LogP contribution in [0.15, 0.2) is 71.1 Å². The van der Waals surface area contributed by atoms with Crippen LogP contribution in [0.2, 0.25) is 0 Å². The van der Waals surface area contributed by atoms with Crippen LogP contribution in [0.4, 0.5) is 10.5 Å². The summed E-state index contributed by atoms with van der Waals surface area (Å²) < 4.78 is 17.6. The fourth-order valence-corrected chi connectivity index (χ4v) is 5.05. The summed E-state index contributed by atoms with van der Waals surface area (Å²) in [4.78, 5) is 40.8. The number of hydrogen-bond donors (Lipinski definition) is 1. The highest BCUT2D eigenvalue weighted by Gasteiger charge is 2.27. The first-order valence-electron chi connectivity index (χ1n) is 13.9. The average Bonchev–Trinajstić information content (AvgIpc) is 3.39. The molecule has 43 heavy (non-hydrogen) atoms. The van der Waals surface area contributed by atoms with E-state index in [1.807, 2.05) is 49.4 Å². The summed E-state index contributed by atoms with van der Waals surface area (Å²) in [5.41, 5.74) is 4.96. The Morgan fingerprint density at radius 3 is 2.53 bits per heavy atom. The van der Waals surface area contributed by atoms with Crippen molar-refractivity contribution < 1.29 is 33.5 Å². The number of amides is 1. The van der Waals surface area contributed by atoms with Crippen molar-refractivity contribution in [3.63, 3.8) is 0 Å². The second kappa shape index (κ2) is 13.2. The molecule has 4 aromatic rings. The van der Waals surface area contributed by atoms with Gasteiger partial charge in [0.25, 0.3) is 5.69 Å². The van der Waals surface area contributed by atoms with Crippen LogP contribution in [-0.2, 0) is 41.9 Å². The number of nitro groups is 1. The Kier molecular flexibility index (Phi) is 8.99. The van der Waals surface area contributed by atoms with Gasteiger partial charge in [0.2, 0.25) is 5.89 Å². The number of nitro benzene ring substituents is 1. The van der Waals surface area contributed by atoms with Gasteiger partial charge in [-0.2, -0.15) is 0 Å². The van der Waals surface area contributed by atoms with Crippen molar-refractivity contribution in [2.45, 2.75) is 45.8 Å². The summed E-state index contributed by atoms with van der Waals surface area (Å²) in [7, 11) is 0. The van der Waals surface area contributed by atoms with Crippen LogP contribution in [0.25, 0.3) is 11.5 Å². The zero-order valence-electron chi connectivity index (χ0n) is 23.7. The molecule has 222 valence electrons. The number of ether oxygens (including phenoxy) is 2. The molecule has 0 aliphatic carbocycles. The Bertz CT molecular complexity index is 1620. The number of rotatable bonds is 11. The lowest BCUT2D eigenvalue weighted by Crippen LogP contribution is -2.37. The number of benzene rings is 3. The lowest BCUT2D eigenvalue weighted by atomic mass is 9.92. The third-order valence-electron chi connectivity index (χ3n) is 7.35. The molecule has 0 spiro atoms. The summed E-state index contributed by atoms with van der Waals surface area (Å²) in [6.07, 6.45) is 0.824. The van der Waals surface area contributed by atoms with E-state index < -0.39 is 17.0 Å². The van der Waals surface area contributed by atoms with Crippen LogP contribution in [-0.4, -0.2) is 45.1 Å². The lowest BCUT2D eigenvalue weighted by molar-refractivity contribution is -0.384. The Hall–Kier alpha value is -5.19. The van der Waals surface area contributed by atoms with E-state index in [4.69, 9.17) is 13.9 Å². The molecule has 1 amide bonds. The van der Waals surface area contributed by atoms with E-state index >= 15 is 0 Å². The molecular formula is C32H31N3O8. The molecule has 0 atom stereocenters. The number of hydrogen-bond acceptors (Lipinski definition) is 8. The highest BCUT2D eigenvalue weighted by molar-refractivity contribution is 5.69. The van der Waals surface area contributed by atoms with Gasteiger partial charge in [0, 0.05) is 49.2 Å². The molecule has 1 aromatic heterocycles. The molecule has 0 fully saturated rings.